The van der Waals surface area contributed by atoms with E-state index in [-0.39, 0.29) is 11.7 Å². The summed E-state index contributed by atoms with van der Waals surface area (Å²) in [6.07, 6.45) is 4.23. The summed E-state index contributed by atoms with van der Waals surface area (Å²) >= 11 is 0. The number of fused-ring (bicyclic) bond motifs is 5. The van der Waals surface area contributed by atoms with E-state index in [1.807, 2.05) is 24.3 Å². The first-order chi connectivity index (χ1) is 14.3. The van der Waals surface area contributed by atoms with Gasteiger partial charge in [-0.05, 0) is 49.1 Å². The molecule has 6 rings (SSSR count). The lowest BCUT2D eigenvalue weighted by molar-refractivity contribution is -0.148. The third-order valence-electron chi connectivity index (χ3n) is 5.95. The van der Waals surface area contributed by atoms with Crippen molar-refractivity contribution in [2.24, 2.45) is 5.92 Å². The molecule has 3 aromatic rings. The zero-order valence-corrected chi connectivity index (χ0v) is 15.8. The van der Waals surface area contributed by atoms with Gasteiger partial charge in [0, 0.05) is 11.5 Å². The number of benzene rings is 2. The molecule has 3 aliphatic heterocycles. The molecular weight excluding hydrogens is 372 g/mol. The van der Waals surface area contributed by atoms with Crippen molar-refractivity contribution in [3.63, 3.8) is 0 Å². The number of hydrogen-bond donors (Lipinski definition) is 0. The van der Waals surface area contributed by atoms with E-state index in [4.69, 9.17) is 23.4 Å². The second-order valence-corrected chi connectivity index (χ2v) is 7.72. The molecule has 0 radical (unpaired) electrons. The second kappa shape index (κ2) is 6.52. The third-order valence-corrected chi connectivity index (χ3v) is 5.95. The summed E-state index contributed by atoms with van der Waals surface area (Å²) in [6.45, 7) is 1.77. The first-order valence-electron chi connectivity index (χ1n) is 10.0. The minimum Gasteiger partial charge on any atom is -0.486 e. The van der Waals surface area contributed by atoms with Crippen molar-refractivity contribution in [1.29, 1.82) is 0 Å². The Labute approximate surface area is 166 Å². The molecule has 1 saturated heterocycles. The van der Waals surface area contributed by atoms with E-state index in [0.29, 0.717) is 47.2 Å². The Morgan fingerprint density at radius 3 is 2.72 bits per heavy atom. The highest BCUT2D eigenvalue weighted by Gasteiger charge is 2.34. The van der Waals surface area contributed by atoms with Crippen LogP contribution in [0.15, 0.2) is 45.8 Å². The fraction of sp³-hybridized carbons (Fsp3) is 0.348. The quantitative estimate of drug-likeness (QED) is 0.625. The zero-order valence-electron chi connectivity index (χ0n) is 15.8. The molecule has 0 spiro atoms. The summed E-state index contributed by atoms with van der Waals surface area (Å²) in [7, 11) is 0. The largest absolute Gasteiger partial charge is 0.486 e. The molecule has 6 heteroatoms. The van der Waals surface area contributed by atoms with Gasteiger partial charge in [-0.2, -0.15) is 0 Å². The van der Waals surface area contributed by atoms with Crippen LogP contribution in [0.5, 0.6) is 17.2 Å². The summed E-state index contributed by atoms with van der Waals surface area (Å²) in [5.41, 5.74) is 2.76. The highest BCUT2D eigenvalue weighted by atomic mass is 16.7. The average Bonchev–Trinajstić information content (AvgIpc) is 2.77. The van der Waals surface area contributed by atoms with Crippen LogP contribution >= 0.6 is 0 Å². The van der Waals surface area contributed by atoms with Crippen LogP contribution in [0.1, 0.15) is 18.4 Å². The van der Waals surface area contributed by atoms with Crippen molar-refractivity contribution in [2.75, 3.05) is 19.8 Å². The van der Waals surface area contributed by atoms with Crippen molar-refractivity contribution >= 4 is 11.0 Å². The van der Waals surface area contributed by atoms with Gasteiger partial charge in [-0.3, -0.25) is 4.79 Å². The van der Waals surface area contributed by atoms with Gasteiger partial charge in [-0.1, -0.05) is 6.07 Å². The van der Waals surface area contributed by atoms with E-state index < -0.39 is 0 Å². The molecule has 1 fully saturated rings. The normalized spacial score (nSPS) is 22.5. The first-order valence-corrected chi connectivity index (χ1v) is 10.0. The van der Waals surface area contributed by atoms with Crippen molar-refractivity contribution in [3.05, 3.63) is 52.4 Å². The highest BCUT2D eigenvalue weighted by Crippen LogP contribution is 2.40. The van der Waals surface area contributed by atoms with Crippen molar-refractivity contribution in [2.45, 2.75) is 25.6 Å². The number of ether oxygens (including phenoxy) is 4. The van der Waals surface area contributed by atoms with Crippen LogP contribution in [0.4, 0.5) is 0 Å². The zero-order chi connectivity index (χ0) is 19.4. The Balaban J connectivity index is 1.45. The van der Waals surface area contributed by atoms with E-state index >= 15 is 0 Å². The van der Waals surface area contributed by atoms with Crippen LogP contribution in [-0.2, 0) is 11.2 Å². The van der Waals surface area contributed by atoms with Gasteiger partial charge in [0.25, 0.3) is 0 Å². The Morgan fingerprint density at radius 2 is 1.79 bits per heavy atom. The Bertz CT molecular complexity index is 1160. The Morgan fingerprint density at radius 1 is 0.931 bits per heavy atom. The first kappa shape index (κ1) is 16.9. The van der Waals surface area contributed by atoms with Crippen LogP contribution in [0.2, 0.25) is 0 Å². The maximum Gasteiger partial charge on any atom is 0.202 e. The number of hydrogen-bond acceptors (Lipinski definition) is 6. The molecule has 2 aromatic carbocycles. The lowest BCUT2D eigenvalue weighted by Crippen LogP contribution is -2.38. The fourth-order valence-electron chi connectivity index (χ4n) is 4.49. The van der Waals surface area contributed by atoms with Gasteiger partial charge in [0.1, 0.15) is 30.8 Å². The molecular formula is C23H20O6. The van der Waals surface area contributed by atoms with Crippen molar-refractivity contribution < 1.29 is 23.4 Å². The molecule has 2 atom stereocenters. The molecule has 0 bridgehead atoms. The maximum absolute atomic E-state index is 13.3. The van der Waals surface area contributed by atoms with Crippen LogP contribution in [0, 0.1) is 5.92 Å². The molecule has 6 nitrogen and oxygen atoms in total. The monoisotopic (exact) mass is 392 g/mol. The molecule has 0 aliphatic carbocycles. The van der Waals surface area contributed by atoms with E-state index in [0.717, 1.165) is 42.7 Å². The maximum atomic E-state index is 13.3. The molecule has 29 heavy (non-hydrogen) atoms. The van der Waals surface area contributed by atoms with Crippen molar-refractivity contribution in [1.82, 2.24) is 0 Å². The van der Waals surface area contributed by atoms with Crippen LogP contribution in [0.25, 0.3) is 22.1 Å². The summed E-state index contributed by atoms with van der Waals surface area (Å²) < 4.78 is 29.0. The molecule has 0 saturated carbocycles. The summed E-state index contributed by atoms with van der Waals surface area (Å²) in [5.74, 6) is 2.39. The van der Waals surface area contributed by atoms with E-state index in [2.05, 4.69) is 0 Å². The van der Waals surface area contributed by atoms with E-state index in [1.165, 1.54) is 0 Å². The predicted molar refractivity (Wildman–Crippen MR) is 106 cm³/mol. The molecule has 2 unspecified atom stereocenters. The lowest BCUT2D eigenvalue weighted by Gasteiger charge is -2.36. The molecule has 3 aliphatic rings. The van der Waals surface area contributed by atoms with Gasteiger partial charge in [0.05, 0.1) is 17.6 Å². The summed E-state index contributed by atoms with van der Waals surface area (Å²) in [4.78, 5) is 13.3. The van der Waals surface area contributed by atoms with Gasteiger partial charge in [-0.15, -0.1) is 0 Å². The average molecular weight is 392 g/mol. The SMILES string of the molecule is O=c1c(-c2ccc3c(c2)OCCO3)coc2c3c(ccc12)OC1OCCCC1C3. The van der Waals surface area contributed by atoms with Crippen molar-refractivity contribution in [3.8, 4) is 28.4 Å². The number of rotatable bonds is 1. The van der Waals surface area contributed by atoms with Crippen LogP contribution < -0.4 is 19.6 Å². The summed E-state index contributed by atoms with van der Waals surface area (Å²) in [5, 5.41) is 0.565. The highest BCUT2D eigenvalue weighted by molar-refractivity contribution is 5.86. The van der Waals surface area contributed by atoms with Gasteiger partial charge < -0.3 is 23.4 Å². The smallest absolute Gasteiger partial charge is 0.202 e. The van der Waals surface area contributed by atoms with Gasteiger partial charge >= 0.3 is 0 Å². The van der Waals surface area contributed by atoms with Crippen LogP contribution in [-0.4, -0.2) is 26.1 Å². The lowest BCUT2D eigenvalue weighted by atomic mass is 9.89. The Hall–Kier alpha value is -2.99. The van der Waals surface area contributed by atoms with Gasteiger partial charge in [0.2, 0.25) is 11.7 Å². The van der Waals surface area contributed by atoms with Gasteiger partial charge in [0.15, 0.2) is 11.5 Å². The fourth-order valence-corrected chi connectivity index (χ4v) is 4.49. The standard InChI is InChI=1S/C23H20O6/c24-21-15-4-6-18-16(10-14-2-1-7-27-23(14)29-18)22(15)28-12-17(21)13-3-5-19-20(11-13)26-9-8-25-19/h3-6,11-12,14,23H,1-2,7-10H2. The predicted octanol–water partition coefficient (Wildman–Crippen LogP) is 3.92. The van der Waals surface area contributed by atoms with E-state index in [9.17, 15) is 4.79 Å². The third kappa shape index (κ3) is 2.70. The second-order valence-electron chi connectivity index (χ2n) is 7.72. The molecule has 1 aromatic heterocycles. The topological polar surface area (TPSA) is 67.1 Å². The Kier molecular flexibility index (Phi) is 3.81. The van der Waals surface area contributed by atoms with Gasteiger partial charge in [-0.25, -0.2) is 0 Å². The molecule has 148 valence electrons. The molecule has 0 amide bonds. The molecule has 0 N–H and O–H groups in total. The minimum absolute atomic E-state index is 0.0623. The summed E-state index contributed by atoms with van der Waals surface area (Å²) in [6, 6.07) is 9.16. The minimum atomic E-state index is -0.197. The molecule has 4 heterocycles. The van der Waals surface area contributed by atoms with E-state index in [1.54, 1.807) is 12.3 Å². The van der Waals surface area contributed by atoms with Crippen LogP contribution in [0.3, 0.4) is 0 Å².